The normalized spacial score (nSPS) is 22.1. The third-order valence-corrected chi connectivity index (χ3v) is 12.8. The molecular formula is C16H40N2O3Si3. The first-order valence-electron chi connectivity index (χ1n) is 9.45. The highest BCUT2D eigenvalue weighted by Gasteiger charge is 2.56. The minimum atomic E-state index is -2.75. The van der Waals surface area contributed by atoms with Gasteiger partial charge in [0.15, 0.2) is 0 Å². The standard InChI is InChI=1S/C16H40N2O3Si3/c1-10-19-24(20-11-2,21-12-3)16-15-17(22(4,5)6)13-14-18(16)23(7,8)9/h16H,10-15H2,1-9H3. The monoisotopic (exact) mass is 392 g/mol. The second kappa shape index (κ2) is 8.90. The molecule has 1 saturated heterocycles. The van der Waals surface area contributed by atoms with Crippen molar-refractivity contribution < 1.29 is 13.3 Å². The molecule has 24 heavy (non-hydrogen) atoms. The Bertz CT molecular complexity index is 369. The Hall–Kier alpha value is 0.451. The molecular weight excluding hydrogens is 352 g/mol. The summed E-state index contributed by atoms with van der Waals surface area (Å²) in [5.74, 6) is 0. The fourth-order valence-corrected chi connectivity index (χ4v) is 11.6. The summed E-state index contributed by atoms with van der Waals surface area (Å²) in [5.41, 5.74) is 0.254. The van der Waals surface area contributed by atoms with Crippen molar-refractivity contribution >= 4 is 25.3 Å². The molecule has 0 amide bonds. The van der Waals surface area contributed by atoms with Gasteiger partial charge >= 0.3 is 8.80 Å². The zero-order valence-electron chi connectivity index (χ0n) is 17.4. The first-order chi connectivity index (χ1) is 11.0. The Morgan fingerprint density at radius 2 is 1.21 bits per heavy atom. The highest BCUT2D eigenvalue weighted by Crippen LogP contribution is 2.30. The van der Waals surface area contributed by atoms with Gasteiger partial charge < -0.3 is 22.4 Å². The molecule has 1 aliphatic rings. The summed E-state index contributed by atoms with van der Waals surface area (Å²) in [7, 11) is -5.59. The van der Waals surface area contributed by atoms with Crippen LogP contribution in [0.5, 0.6) is 0 Å². The lowest BCUT2D eigenvalue weighted by Gasteiger charge is -2.53. The van der Waals surface area contributed by atoms with Crippen LogP contribution in [0.15, 0.2) is 0 Å². The van der Waals surface area contributed by atoms with Crippen LogP contribution in [0.3, 0.4) is 0 Å². The third-order valence-electron chi connectivity index (χ3n) is 4.64. The van der Waals surface area contributed by atoms with Gasteiger partial charge in [0.05, 0.1) is 5.67 Å². The van der Waals surface area contributed by atoms with E-state index in [1.807, 2.05) is 0 Å². The molecule has 1 aliphatic heterocycles. The van der Waals surface area contributed by atoms with E-state index in [0.29, 0.717) is 19.8 Å². The van der Waals surface area contributed by atoms with Crippen LogP contribution in [0.4, 0.5) is 0 Å². The second-order valence-corrected chi connectivity index (χ2v) is 21.0. The summed E-state index contributed by atoms with van der Waals surface area (Å²) in [6.07, 6.45) is 0. The van der Waals surface area contributed by atoms with Gasteiger partial charge in [-0.1, -0.05) is 39.3 Å². The van der Waals surface area contributed by atoms with Gasteiger partial charge in [-0.15, -0.1) is 0 Å². The quantitative estimate of drug-likeness (QED) is 0.563. The average Bonchev–Trinajstić information content (AvgIpc) is 2.45. The van der Waals surface area contributed by atoms with E-state index in [2.05, 4.69) is 69.2 Å². The molecule has 0 spiro atoms. The van der Waals surface area contributed by atoms with Crippen LogP contribution in [0.1, 0.15) is 20.8 Å². The van der Waals surface area contributed by atoms with Crippen molar-refractivity contribution in [2.75, 3.05) is 39.5 Å². The topological polar surface area (TPSA) is 34.2 Å². The van der Waals surface area contributed by atoms with Gasteiger partial charge in [-0.25, -0.2) is 0 Å². The molecule has 0 N–H and O–H groups in total. The van der Waals surface area contributed by atoms with E-state index in [-0.39, 0.29) is 5.67 Å². The lowest BCUT2D eigenvalue weighted by Crippen LogP contribution is -2.75. The molecule has 0 bridgehead atoms. The van der Waals surface area contributed by atoms with Crippen molar-refractivity contribution in [3.63, 3.8) is 0 Å². The van der Waals surface area contributed by atoms with Gasteiger partial charge in [0.1, 0.15) is 16.5 Å². The second-order valence-electron chi connectivity index (χ2n) is 8.40. The number of hydrogen-bond acceptors (Lipinski definition) is 5. The van der Waals surface area contributed by atoms with Crippen molar-refractivity contribution in [1.82, 2.24) is 9.13 Å². The summed E-state index contributed by atoms with van der Waals surface area (Å²) in [4.78, 5) is 0. The SMILES string of the molecule is CCO[Si](OCC)(OCC)C1CN([Si](C)(C)C)CCN1[Si](C)(C)C. The van der Waals surface area contributed by atoms with Gasteiger partial charge in [0, 0.05) is 39.5 Å². The van der Waals surface area contributed by atoms with Crippen LogP contribution >= 0.6 is 0 Å². The minimum Gasteiger partial charge on any atom is -0.373 e. The van der Waals surface area contributed by atoms with Crippen LogP contribution < -0.4 is 0 Å². The summed E-state index contributed by atoms with van der Waals surface area (Å²) in [6.45, 7) is 25.9. The molecule has 0 saturated carbocycles. The first kappa shape index (κ1) is 22.5. The molecule has 144 valence electrons. The number of nitrogens with zero attached hydrogens (tertiary/aromatic N) is 2. The van der Waals surface area contributed by atoms with Crippen molar-refractivity contribution in [3.8, 4) is 0 Å². The summed E-state index contributed by atoms with van der Waals surface area (Å²) in [5, 5.41) is 0. The summed E-state index contributed by atoms with van der Waals surface area (Å²) in [6, 6.07) is 0. The fourth-order valence-electron chi connectivity index (χ4n) is 3.51. The Kier molecular flexibility index (Phi) is 8.34. The zero-order chi connectivity index (χ0) is 18.6. The van der Waals surface area contributed by atoms with Crippen LogP contribution in [-0.2, 0) is 13.3 Å². The largest absolute Gasteiger partial charge is 0.519 e. The van der Waals surface area contributed by atoms with Crippen LogP contribution in [-0.4, -0.2) is 79.5 Å². The molecule has 0 radical (unpaired) electrons. The molecule has 8 heteroatoms. The molecule has 1 fully saturated rings. The van der Waals surface area contributed by atoms with E-state index in [0.717, 1.165) is 19.6 Å². The fraction of sp³-hybridized carbons (Fsp3) is 1.00. The maximum atomic E-state index is 6.30. The Morgan fingerprint density at radius 3 is 1.54 bits per heavy atom. The molecule has 0 aromatic rings. The van der Waals surface area contributed by atoms with Gasteiger partial charge in [-0.2, -0.15) is 0 Å². The van der Waals surface area contributed by atoms with Crippen molar-refractivity contribution in [2.45, 2.75) is 65.7 Å². The predicted octanol–water partition coefficient (Wildman–Crippen LogP) is 3.23. The molecule has 0 aromatic heterocycles. The van der Waals surface area contributed by atoms with Gasteiger partial charge in [-0.05, 0) is 20.8 Å². The van der Waals surface area contributed by atoms with Crippen molar-refractivity contribution in [1.29, 1.82) is 0 Å². The summed E-state index contributed by atoms with van der Waals surface area (Å²) >= 11 is 0. The average molecular weight is 393 g/mol. The van der Waals surface area contributed by atoms with Crippen molar-refractivity contribution in [3.05, 3.63) is 0 Å². The molecule has 1 atom stereocenters. The van der Waals surface area contributed by atoms with Crippen LogP contribution in [0.2, 0.25) is 39.3 Å². The zero-order valence-corrected chi connectivity index (χ0v) is 20.4. The molecule has 5 nitrogen and oxygen atoms in total. The Morgan fingerprint density at radius 1 is 0.750 bits per heavy atom. The number of hydrogen-bond donors (Lipinski definition) is 0. The molecule has 1 rings (SSSR count). The Labute approximate surface area is 153 Å². The predicted molar refractivity (Wildman–Crippen MR) is 109 cm³/mol. The van der Waals surface area contributed by atoms with E-state index in [1.165, 1.54) is 0 Å². The highest BCUT2D eigenvalue weighted by atomic mass is 28.4. The molecule has 1 heterocycles. The maximum Gasteiger partial charge on any atom is 0.519 e. The Balaban J connectivity index is 3.26. The van der Waals surface area contributed by atoms with Gasteiger partial charge in [-0.3, -0.25) is 0 Å². The third kappa shape index (κ3) is 5.47. The van der Waals surface area contributed by atoms with Gasteiger partial charge in [0.25, 0.3) is 0 Å². The smallest absolute Gasteiger partial charge is 0.373 e. The molecule has 0 aromatic carbocycles. The van der Waals surface area contributed by atoms with E-state index in [9.17, 15) is 0 Å². The molecule has 1 unspecified atom stereocenters. The lowest BCUT2D eigenvalue weighted by molar-refractivity contribution is 0.0352. The number of rotatable bonds is 9. The summed E-state index contributed by atoms with van der Waals surface area (Å²) < 4.78 is 24.3. The highest BCUT2D eigenvalue weighted by molar-refractivity contribution is 6.76. The van der Waals surface area contributed by atoms with Crippen LogP contribution in [0.25, 0.3) is 0 Å². The lowest BCUT2D eigenvalue weighted by atomic mass is 10.4. The van der Waals surface area contributed by atoms with E-state index >= 15 is 0 Å². The van der Waals surface area contributed by atoms with Crippen molar-refractivity contribution in [2.24, 2.45) is 0 Å². The van der Waals surface area contributed by atoms with E-state index in [1.54, 1.807) is 0 Å². The van der Waals surface area contributed by atoms with E-state index in [4.69, 9.17) is 13.3 Å². The van der Waals surface area contributed by atoms with Crippen LogP contribution in [0, 0.1) is 0 Å². The minimum absolute atomic E-state index is 0.254. The maximum absolute atomic E-state index is 6.30. The number of piperazine rings is 1. The van der Waals surface area contributed by atoms with E-state index < -0.39 is 25.3 Å². The molecule has 0 aliphatic carbocycles. The van der Waals surface area contributed by atoms with Gasteiger partial charge in [0.2, 0.25) is 0 Å². The first-order valence-corrected chi connectivity index (χ1v) is 18.1.